The lowest BCUT2D eigenvalue weighted by Gasteiger charge is -2.25. The number of aryl methyl sites for hydroxylation is 1. The number of hydrogen-bond donors (Lipinski definition) is 0. The van der Waals surface area contributed by atoms with Gasteiger partial charge in [0.05, 0.1) is 6.61 Å². The van der Waals surface area contributed by atoms with Crippen LogP contribution in [0.1, 0.15) is 17.5 Å². The fourth-order valence-electron chi connectivity index (χ4n) is 1.95. The number of ether oxygens (including phenoxy) is 2. The molecule has 1 aromatic heterocycles. The third-order valence-corrected chi connectivity index (χ3v) is 3.55. The van der Waals surface area contributed by atoms with Gasteiger partial charge in [-0.2, -0.15) is 0 Å². The molecule has 0 aliphatic heterocycles. The van der Waals surface area contributed by atoms with Crippen molar-refractivity contribution in [3.63, 3.8) is 0 Å². The second kappa shape index (κ2) is 9.28. The summed E-state index contributed by atoms with van der Waals surface area (Å²) < 4.78 is 10.3. The van der Waals surface area contributed by atoms with Crippen LogP contribution in [0.4, 0.5) is 5.82 Å². The van der Waals surface area contributed by atoms with E-state index in [1.165, 1.54) is 11.1 Å². The van der Waals surface area contributed by atoms with Crippen LogP contribution in [-0.4, -0.2) is 45.5 Å². The van der Waals surface area contributed by atoms with Gasteiger partial charge in [-0.05, 0) is 24.5 Å². The second-order valence-corrected chi connectivity index (χ2v) is 5.00. The standard InChI is InChI=1S/C14H23BrN2O2/c1-12-9-13(10-15)11-16-14(12)17(6-8-19-3)5-4-7-18-2/h9,11H,4-8,10H2,1-3H3. The van der Waals surface area contributed by atoms with Crippen molar-refractivity contribution in [1.29, 1.82) is 0 Å². The van der Waals surface area contributed by atoms with Crippen molar-refractivity contribution in [2.45, 2.75) is 18.7 Å². The highest BCUT2D eigenvalue weighted by atomic mass is 79.9. The van der Waals surface area contributed by atoms with Crippen LogP contribution in [0.2, 0.25) is 0 Å². The van der Waals surface area contributed by atoms with E-state index in [4.69, 9.17) is 9.47 Å². The van der Waals surface area contributed by atoms with Gasteiger partial charge in [0.1, 0.15) is 5.82 Å². The molecule has 0 N–H and O–H groups in total. The van der Waals surface area contributed by atoms with E-state index < -0.39 is 0 Å². The minimum Gasteiger partial charge on any atom is -0.385 e. The van der Waals surface area contributed by atoms with Crippen LogP contribution in [0.25, 0.3) is 0 Å². The van der Waals surface area contributed by atoms with Gasteiger partial charge in [0.2, 0.25) is 0 Å². The summed E-state index contributed by atoms with van der Waals surface area (Å²) in [4.78, 5) is 6.84. The van der Waals surface area contributed by atoms with Crippen LogP contribution in [0.5, 0.6) is 0 Å². The summed E-state index contributed by atoms with van der Waals surface area (Å²) >= 11 is 3.46. The minimum absolute atomic E-state index is 0.703. The molecule has 0 spiro atoms. The minimum atomic E-state index is 0.703. The highest BCUT2D eigenvalue weighted by Crippen LogP contribution is 2.19. The van der Waals surface area contributed by atoms with E-state index in [1.54, 1.807) is 14.2 Å². The van der Waals surface area contributed by atoms with Crippen molar-refractivity contribution in [3.05, 3.63) is 23.4 Å². The van der Waals surface area contributed by atoms with Gasteiger partial charge in [-0.3, -0.25) is 0 Å². The molecule has 0 amide bonds. The van der Waals surface area contributed by atoms with Gasteiger partial charge >= 0.3 is 0 Å². The number of anilines is 1. The average molecular weight is 331 g/mol. The molecule has 0 aromatic carbocycles. The van der Waals surface area contributed by atoms with E-state index in [9.17, 15) is 0 Å². The van der Waals surface area contributed by atoms with Crippen molar-refractivity contribution < 1.29 is 9.47 Å². The molecule has 0 bridgehead atoms. The maximum Gasteiger partial charge on any atom is 0.131 e. The lowest BCUT2D eigenvalue weighted by atomic mass is 10.2. The Morgan fingerprint density at radius 3 is 2.53 bits per heavy atom. The number of hydrogen-bond acceptors (Lipinski definition) is 4. The van der Waals surface area contributed by atoms with E-state index >= 15 is 0 Å². The maximum absolute atomic E-state index is 5.18. The smallest absolute Gasteiger partial charge is 0.131 e. The lowest BCUT2D eigenvalue weighted by Crippen LogP contribution is -2.30. The van der Waals surface area contributed by atoms with E-state index in [0.717, 1.165) is 37.3 Å². The average Bonchev–Trinajstić information content (AvgIpc) is 2.43. The Morgan fingerprint density at radius 2 is 1.95 bits per heavy atom. The number of methoxy groups -OCH3 is 2. The third kappa shape index (κ3) is 5.47. The Bertz CT molecular complexity index is 374. The SMILES string of the molecule is COCCCN(CCOC)c1ncc(CBr)cc1C. The molecule has 108 valence electrons. The fourth-order valence-corrected chi connectivity index (χ4v) is 2.26. The first kappa shape index (κ1) is 16.4. The van der Waals surface area contributed by atoms with Crippen molar-refractivity contribution in [1.82, 2.24) is 4.98 Å². The van der Waals surface area contributed by atoms with Gasteiger partial charge < -0.3 is 14.4 Å². The van der Waals surface area contributed by atoms with Crippen LogP contribution in [-0.2, 0) is 14.8 Å². The third-order valence-electron chi connectivity index (χ3n) is 2.90. The Kier molecular flexibility index (Phi) is 8.02. The zero-order valence-corrected chi connectivity index (χ0v) is 13.6. The number of nitrogens with zero attached hydrogens (tertiary/aromatic N) is 2. The normalized spacial score (nSPS) is 10.7. The van der Waals surface area contributed by atoms with Crippen LogP contribution < -0.4 is 4.90 Å². The first-order valence-corrected chi connectivity index (χ1v) is 7.59. The zero-order chi connectivity index (χ0) is 14.1. The molecule has 0 atom stereocenters. The predicted molar refractivity (Wildman–Crippen MR) is 82.2 cm³/mol. The van der Waals surface area contributed by atoms with E-state index in [0.29, 0.717) is 6.61 Å². The molecule has 0 aliphatic rings. The van der Waals surface area contributed by atoms with Crippen molar-refractivity contribution in [2.75, 3.05) is 45.4 Å². The first-order valence-electron chi connectivity index (χ1n) is 6.47. The Morgan fingerprint density at radius 1 is 1.21 bits per heavy atom. The molecule has 0 radical (unpaired) electrons. The van der Waals surface area contributed by atoms with Crippen LogP contribution in [0.15, 0.2) is 12.3 Å². The number of pyridine rings is 1. The topological polar surface area (TPSA) is 34.6 Å². The first-order chi connectivity index (χ1) is 9.22. The Balaban J connectivity index is 2.77. The molecular weight excluding hydrogens is 308 g/mol. The molecular formula is C14H23BrN2O2. The summed E-state index contributed by atoms with van der Waals surface area (Å²) in [5, 5.41) is 0.836. The van der Waals surface area contributed by atoms with Crippen LogP contribution in [0.3, 0.4) is 0 Å². The van der Waals surface area contributed by atoms with E-state index in [2.05, 4.69) is 38.8 Å². The van der Waals surface area contributed by atoms with Crippen molar-refractivity contribution >= 4 is 21.7 Å². The molecule has 1 aromatic rings. The molecule has 19 heavy (non-hydrogen) atoms. The van der Waals surface area contributed by atoms with Crippen LogP contribution >= 0.6 is 15.9 Å². The molecule has 1 rings (SSSR count). The highest BCUT2D eigenvalue weighted by Gasteiger charge is 2.11. The van der Waals surface area contributed by atoms with Crippen molar-refractivity contribution in [2.24, 2.45) is 0 Å². The van der Waals surface area contributed by atoms with Gasteiger partial charge in [0, 0.05) is 45.4 Å². The van der Waals surface area contributed by atoms with E-state index in [-0.39, 0.29) is 0 Å². The van der Waals surface area contributed by atoms with Gasteiger partial charge in [0.25, 0.3) is 0 Å². The van der Waals surface area contributed by atoms with Gasteiger partial charge in [-0.25, -0.2) is 4.98 Å². The molecule has 5 heteroatoms. The second-order valence-electron chi connectivity index (χ2n) is 4.44. The number of aromatic nitrogens is 1. The number of halogens is 1. The zero-order valence-electron chi connectivity index (χ0n) is 12.0. The fraction of sp³-hybridized carbons (Fsp3) is 0.643. The summed E-state index contributed by atoms with van der Waals surface area (Å²) in [7, 11) is 3.45. The van der Waals surface area contributed by atoms with Gasteiger partial charge in [-0.1, -0.05) is 22.0 Å². The quantitative estimate of drug-likeness (QED) is 0.515. The summed E-state index contributed by atoms with van der Waals surface area (Å²) in [6.07, 6.45) is 2.91. The molecule has 0 saturated carbocycles. The van der Waals surface area contributed by atoms with E-state index in [1.807, 2.05) is 6.20 Å². The largest absolute Gasteiger partial charge is 0.385 e. The van der Waals surface area contributed by atoms with Gasteiger partial charge in [-0.15, -0.1) is 0 Å². The number of alkyl halides is 1. The molecule has 4 nitrogen and oxygen atoms in total. The molecule has 0 aliphatic carbocycles. The summed E-state index contributed by atoms with van der Waals surface area (Å²) in [5.74, 6) is 1.04. The molecule has 0 fully saturated rings. The molecule has 1 heterocycles. The van der Waals surface area contributed by atoms with Crippen LogP contribution in [0, 0.1) is 6.92 Å². The predicted octanol–water partition coefficient (Wildman–Crippen LogP) is 2.77. The van der Waals surface area contributed by atoms with Crippen molar-refractivity contribution in [3.8, 4) is 0 Å². The monoisotopic (exact) mass is 330 g/mol. The maximum atomic E-state index is 5.18. The summed E-state index contributed by atoms with van der Waals surface area (Å²) in [6, 6.07) is 2.17. The molecule has 0 saturated heterocycles. The number of rotatable bonds is 9. The van der Waals surface area contributed by atoms with Gasteiger partial charge in [0.15, 0.2) is 0 Å². The Hall–Kier alpha value is -0.650. The molecule has 0 unspecified atom stereocenters. The lowest BCUT2D eigenvalue weighted by molar-refractivity contribution is 0.191. The summed E-state index contributed by atoms with van der Waals surface area (Å²) in [5.41, 5.74) is 2.40. The highest BCUT2D eigenvalue weighted by molar-refractivity contribution is 9.08. The Labute approximate surface area is 124 Å². The summed E-state index contributed by atoms with van der Waals surface area (Å²) in [6.45, 7) is 5.35.